The van der Waals surface area contributed by atoms with Crippen LogP contribution in [0.25, 0.3) is 10.9 Å². The van der Waals surface area contributed by atoms with Gasteiger partial charge in [-0.3, -0.25) is 53.1 Å². The normalized spacial score (nSPS) is 22.3. The van der Waals surface area contributed by atoms with E-state index in [9.17, 15) is 43.2 Å². The quantitative estimate of drug-likeness (QED) is 0.0549. The number of hydrogen-bond acceptors (Lipinski definition) is 11. The number of guanidine groups is 2. The molecule has 0 aliphatic carbocycles. The van der Waals surface area contributed by atoms with Gasteiger partial charge in [-0.1, -0.05) is 54.4 Å². The Labute approximate surface area is 440 Å². The molecule has 75 heavy (non-hydrogen) atoms. The third-order valence-electron chi connectivity index (χ3n) is 13.6. The summed E-state index contributed by atoms with van der Waals surface area (Å²) in [6.45, 7) is 1.63. The van der Waals surface area contributed by atoms with Crippen LogP contribution in [0.2, 0.25) is 5.02 Å². The molecule has 23 heteroatoms. The number of amides is 6. The van der Waals surface area contributed by atoms with E-state index in [1.54, 1.807) is 30.5 Å². The molecule has 2 fully saturated rings. The van der Waals surface area contributed by atoms with E-state index in [4.69, 9.17) is 40.3 Å². The van der Waals surface area contributed by atoms with Gasteiger partial charge in [-0.05, 0) is 87.5 Å². The van der Waals surface area contributed by atoms with E-state index in [1.165, 1.54) is 11.8 Å². The van der Waals surface area contributed by atoms with Crippen LogP contribution < -0.4 is 49.9 Å². The smallest absolute Gasteiger partial charge is 0.245 e. The van der Waals surface area contributed by atoms with Crippen LogP contribution in [-0.2, 0) is 56.0 Å². The van der Waals surface area contributed by atoms with Crippen molar-refractivity contribution in [2.75, 3.05) is 19.6 Å². The number of halogens is 1. The third kappa shape index (κ3) is 18.2. The summed E-state index contributed by atoms with van der Waals surface area (Å²) >= 11 is 6.63. The molecule has 2 aliphatic heterocycles. The second kappa shape index (κ2) is 28.9. The molecule has 0 bridgehead atoms. The maximum absolute atomic E-state index is 14.8. The number of ketones is 3. The first-order valence-electron chi connectivity index (χ1n) is 25.6. The lowest BCUT2D eigenvalue weighted by Gasteiger charge is -2.31. The van der Waals surface area contributed by atoms with Gasteiger partial charge < -0.3 is 59.8 Å². The van der Waals surface area contributed by atoms with Gasteiger partial charge in [0.1, 0.15) is 35.7 Å². The van der Waals surface area contributed by atoms with Crippen LogP contribution in [0.5, 0.6) is 0 Å². The Kier molecular flexibility index (Phi) is 22.6. The molecule has 6 amide bonds. The van der Waals surface area contributed by atoms with E-state index in [0.717, 1.165) is 16.5 Å². The maximum atomic E-state index is 14.8. The fourth-order valence-corrected chi connectivity index (χ4v) is 9.88. The number of carbonyl (C=O) groups is 9. The zero-order chi connectivity index (χ0) is 54.6. The van der Waals surface area contributed by atoms with Crippen molar-refractivity contribution in [2.45, 2.75) is 140 Å². The van der Waals surface area contributed by atoms with Gasteiger partial charge >= 0.3 is 0 Å². The number of nitrogens with two attached hydrogens (primary N) is 5. The molecule has 3 heterocycles. The molecule has 15 N–H and O–H groups in total. The highest BCUT2D eigenvalue weighted by Crippen LogP contribution is 2.28. The molecule has 22 nitrogen and oxygen atoms in total. The Bertz CT molecular complexity index is 2590. The van der Waals surface area contributed by atoms with E-state index in [1.807, 2.05) is 24.3 Å². The fourth-order valence-electron chi connectivity index (χ4n) is 9.66. The highest BCUT2D eigenvalue weighted by atomic mass is 35.5. The van der Waals surface area contributed by atoms with Crippen LogP contribution in [0.1, 0.15) is 108 Å². The minimum atomic E-state index is -1.33. The number of nitrogens with one attached hydrogen (secondary N) is 5. The first kappa shape index (κ1) is 58.5. The van der Waals surface area contributed by atoms with Gasteiger partial charge in [0, 0.05) is 92.6 Å². The topological polar surface area (TPSA) is 376 Å². The van der Waals surface area contributed by atoms with Gasteiger partial charge in [0.25, 0.3) is 0 Å². The molecule has 5 rings (SSSR count). The largest absolute Gasteiger partial charge is 0.370 e. The van der Waals surface area contributed by atoms with Gasteiger partial charge in [0.05, 0.1) is 6.04 Å². The second-order valence-corrected chi connectivity index (χ2v) is 19.8. The van der Waals surface area contributed by atoms with Crippen LogP contribution >= 0.6 is 11.6 Å². The predicted octanol–water partition coefficient (Wildman–Crippen LogP) is 1.22. The number of rotatable bonds is 16. The lowest BCUT2D eigenvalue weighted by atomic mass is 9.83. The van der Waals surface area contributed by atoms with Crippen molar-refractivity contribution in [3.63, 3.8) is 0 Å². The molecule has 3 aromatic rings. The van der Waals surface area contributed by atoms with Crippen molar-refractivity contribution in [2.24, 2.45) is 50.5 Å². The van der Waals surface area contributed by atoms with Gasteiger partial charge in [-0.2, -0.15) is 0 Å². The number of nitrogens with zero attached hydrogens (tertiary/aromatic N) is 3. The minimum Gasteiger partial charge on any atom is -0.370 e. The van der Waals surface area contributed by atoms with Crippen molar-refractivity contribution in [1.29, 1.82) is 0 Å². The molecular weight excluding hydrogens is 986 g/mol. The number of Topliss-reactive ketones (excluding diaryl/α,β-unsaturated/α-hetero) is 3. The van der Waals surface area contributed by atoms with E-state index >= 15 is 0 Å². The Hall–Kier alpha value is -7.36. The number of benzene rings is 2. The molecule has 7 atom stereocenters. The molecular formula is C52H72ClN13O9. The first-order valence-corrected chi connectivity index (χ1v) is 25.9. The Morgan fingerprint density at radius 2 is 1.45 bits per heavy atom. The average Bonchev–Trinajstić information content (AvgIpc) is 4.03. The third-order valence-corrected chi connectivity index (χ3v) is 14.0. The summed E-state index contributed by atoms with van der Waals surface area (Å²) in [6, 6.07) is 8.24. The van der Waals surface area contributed by atoms with Crippen LogP contribution in [0, 0.1) is 11.8 Å². The first-order chi connectivity index (χ1) is 35.8. The zero-order valence-corrected chi connectivity index (χ0v) is 43.2. The number of aromatic nitrogens is 1. The molecule has 0 unspecified atom stereocenters. The second-order valence-electron chi connectivity index (χ2n) is 19.3. The number of aliphatic imine (C=N–C) groups is 2. The molecule has 0 saturated carbocycles. The Morgan fingerprint density at radius 3 is 2.16 bits per heavy atom. The van der Waals surface area contributed by atoms with Crippen molar-refractivity contribution in [1.82, 2.24) is 31.2 Å². The minimum absolute atomic E-state index is 0.0193. The number of carbonyl (C=O) groups excluding carboxylic acids is 9. The number of aromatic amines is 1. The van der Waals surface area contributed by atoms with Crippen LogP contribution in [0.4, 0.5) is 0 Å². The monoisotopic (exact) mass is 1060 g/mol. The standard InChI is InChI=1S/C52H72ClN13O9/c1-30(67)62-40(18-9-23-60-52(57)58)48(73)64-41-21-20-35(68)13-3-6-17-39(46(54)71)63-47(72)33(25-34-29-61-38-16-7-4-14-36(34)38)28-44(69)32(12-8-22-59-51(55)56)27-45(70)42(26-31-11-2-5-15-37(31)53)65-49(74)43-19-10-24-66(43)50(41)75/h2,4-5,7,11,14-16,29,32-33,39-43,61H,3,6,8-10,12-13,17-28H2,1H3,(H2,54,71)(H,62,67)(H,63,72)(H,64,73)(H,65,74)(H4,55,56,59)(H4,57,58,60)/t32-,33-,39+,40+,41+,42-,43+/m1/s1. The number of fused-ring (bicyclic) bond motifs is 2. The van der Waals surface area contributed by atoms with Gasteiger partial charge in [0.2, 0.25) is 35.4 Å². The van der Waals surface area contributed by atoms with Gasteiger partial charge in [-0.25, -0.2) is 0 Å². The van der Waals surface area contributed by atoms with Gasteiger partial charge in [-0.15, -0.1) is 0 Å². The molecule has 2 aromatic carbocycles. The van der Waals surface area contributed by atoms with Crippen molar-refractivity contribution in [3.8, 4) is 0 Å². The molecule has 0 spiro atoms. The SMILES string of the molecule is CC(=O)N[C@@H](CCCN=C(N)N)C(=O)N[C@H]1CCC(=O)CCCC[C@@H](C(N)=O)NC(=O)[C@H](Cc2c[nH]c3ccccc23)CC(=O)[C@H](CCCN=C(N)N)CC(=O)[C@@H](Cc2ccccc2Cl)NC(=O)[C@@H]2CCCN2C1=O. The number of hydrogen-bond donors (Lipinski definition) is 10. The fraction of sp³-hybridized carbons (Fsp3) is 0.519. The maximum Gasteiger partial charge on any atom is 0.245 e. The Balaban J connectivity index is 1.53. The van der Waals surface area contributed by atoms with Crippen LogP contribution in [0.3, 0.4) is 0 Å². The average molecular weight is 1060 g/mol. The summed E-state index contributed by atoms with van der Waals surface area (Å²) in [6.07, 6.45) is 2.69. The van der Waals surface area contributed by atoms with E-state index in [0.29, 0.717) is 17.0 Å². The summed E-state index contributed by atoms with van der Waals surface area (Å²) in [5.41, 5.74) is 30.0. The van der Waals surface area contributed by atoms with Crippen molar-refractivity contribution < 1.29 is 43.2 Å². The van der Waals surface area contributed by atoms with Crippen LogP contribution in [-0.4, -0.2) is 124 Å². The lowest BCUT2D eigenvalue weighted by Crippen LogP contribution is -2.57. The lowest BCUT2D eigenvalue weighted by molar-refractivity contribution is -0.142. The zero-order valence-electron chi connectivity index (χ0n) is 42.5. The number of H-pyrrole nitrogens is 1. The van der Waals surface area contributed by atoms with Crippen molar-refractivity contribution in [3.05, 3.63) is 70.9 Å². The summed E-state index contributed by atoms with van der Waals surface area (Å²) in [7, 11) is 0. The number of para-hydroxylation sites is 1. The van der Waals surface area contributed by atoms with E-state index < -0.39 is 89.1 Å². The van der Waals surface area contributed by atoms with Gasteiger partial charge in [0.15, 0.2) is 17.7 Å². The molecule has 2 aliphatic rings. The summed E-state index contributed by atoms with van der Waals surface area (Å²) in [5, 5.41) is 12.1. The molecule has 0 radical (unpaired) electrons. The summed E-state index contributed by atoms with van der Waals surface area (Å²) in [4.78, 5) is 138. The Morgan fingerprint density at radius 1 is 0.760 bits per heavy atom. The van der Waals surface area contributed by atoms with E-state index in [2.05, 4.69) is 36.2 Å². The number of primary amides is 1. The predicted molar refractivity (Wildman–Crippen MR) is 283 cm³/mol. The summed E-state index contributed by atoms with van der Waals surface area (Å²) < 4.78 is 0. The highest BCUT2D eigenvalue weighted by molar-refractivity contribution is 6.31. The highest BCUT2D eigenvalue weighted by Gasteiger charge is 2.40. The molecule has 2 saturated heterocycles. The molecule has 406 valence electrons. The van der Waals surface area contributed by atoms with Crippen LogP contribution in [0.15, 0.2) is 64.7 Å². The van der Waals surface area contributed by atoms with E-state index in [-0.39, 0.29) is 134 Å². The summed E-state index contributed by atoms with van der Waals surface area (Å²) in [5.74, 6) is -7.57. The molecule has 1 aromatic heterocycles. The van der Waals surface area contributed by atoms with Crippen molar-refractivity contribution >= 4 is 87.2 Å².